The minimum atomic E-state index is -0.0432. The van der Waals surface area contributed by atoms with Crippen LogP contribution in [-0.2, 0) is 17.8 Å². The van der Waals surface area contributed by atoms with Crippen LogP contribution in [0.2, 0.25) is 0 Å². The molecule has 2 N–H and O–H groups in total. The summed E-state index contributed by atoms with van der Waals surface area (Å²) in [4.78, 5) is 27.7. The van der Waals surface area contributed by atoms with Crippen molar-refractivity contribution in [2.24, 2.45) is 0 Å². The number of aliphatic hydroxyl groups excluding tert-OH is 1. The van der Waals surface area contributed by atoms with Gasteiger partial charge in [0, 0.05) is 30.6 Å². The Morgan fingerprint density at radius 2 is 2.12 bits per heavy atom. The Morgan fingerprint density at radius 3 is 2.88 bits per heavy atom. The summed E-state index contributed by atoms with van der Waals surface area (Å²) in [5.74, 6) is 0.840. The Bertz CT molecular complexity index is 1100. The van der Waals surface area contributed by atoms with Crippen LogP contribution >= 0.6 is 11.3 Å². The van der Waals surface area contributed by atoms with Crippen LogP contribution in [0.5, 0.6) is 0 Å². The lowest BCUT2D eigenvalue weighted by molar-refractivity contribution is -0.126. The molecular weight excluding hydrogens is 422 g/mol. The van der Waals surface area contributed by atoms with Gasteiger partial charge in [-0.25, -0.2) is 9.97 Å². The molecule has 0 aliphatic carbocycles. The number of nitrogens with zero attached hydrogens (tertiary/aromatic N) is 4. The molecule has 1 atom stereocenters. The first-order valence-corrected chi connectivity index (χ1v) is 11.7. The predicted octanol–water partition coefficient (Wildman–Crippen LogP) is 3.23. The monoisotopic (exact) mass is 451 g/mol. The summed E-state index contributed by atoms with van der Waals surface area (Å²) in [6, 6.07) is 10.1. The van der Waals surface area contributed by atoms with Crippen molar-refractivity contribution in [2.45, 2.75) is 25.4 Å². The second-order valence-corrected chi connectivity index (χ2v) is 9.28. The Labute approximate surface area is 192 Å². The Hall–Kier alpha value is -2.81. The second-order valence-electron chi connectivity index (χ2n) is 8.20. The lowest BCUT2D eigenvalue weighted by atomic mass is 10.0. The van der Waals surface area contributed by atoms with Crippen LogP contribution < -0.4 is 5.32 Å². The zero-order valence-corrected chi connectivity index (χ0v) is 19.3. The topological polar surface area (TPSA) is 81.6 Å². The second kappa shape index (κ2) is 10.2. The Kier molecular flexibility index (Phi) is 7.14. The SMILES string of the molecule is CN(C)C/C=C/C(=O)N1CCc2c(sc3ncnc(N[C@H](CCO)c4ccccc4)c23)C1. The van der Waals surface area contributed by atoms with Crippen molar-refractivity contribution in [3.8, 4) is 0 Å². The molecule has 168 valence electrons. The van der Waals surface area contributed by atoms with Gasteiger partial charge in [0.05, 0.1) is 18.0 Å². The quantitative estimate of drug-likeness (QED) is 0.512. The fraction of sp³-hybridized carbons (Fsp3) is 0.375. The van der Waals surface area contributed by atoms with E-state index in [9.17, 15) is 9.90 Å². The lowest BCUT2D eigenvalue weighted by Gasteiger charge is -2.26. The number of aliphatic hydroxyl groups is 1. The fourth-order valence-electron chi connectivity index (χ4n) is 4.00. The molecule has 4 rings (SSSR count). The molecule has 3 heterocycles. The van der Waals surface area contributed by atoms with Gasteiger partial charge in [0.1, 0.15) is 17.0 Å². The number of benzene rings is 1. The first-order chi connectivity index (χ1) is 15.6. The number of hydrogen-bond donors (Lipinski definition) is 2. The standard InChI is InChI=1S/C24H29N5O2S/c1-28(2)12-6-9-21(31)29-13-10-18-20(15-29)32-24-22(18)23(25-16-26-24)27-19(11-14-30)17-7-4-3-5-8-17/h3-9,16,19,30H,10-15H2,1-2H3,(H,25,26,27)/b9-6+/t19-/m1/s1. The summed E-state index contributed by atoms with van der Waals surface area (Å²) < 4.78 is 0. The predicted molar refractivity (Wildman–Crippen MR) is 129 cm³/mol. The molecule has 0 saturated carbocycles. The number of aromatic nitrogens is 2. The van der Waals surface area contributed by atoms with E-state index in [0.717, 1.165) is 34.6 Å². The highest BCUT2D eigenvalue weighted by Crippen LogP contribution is 2.38. The molecule has 0 saturated heterocycles. The maximum absolute atomic E-state index is 12.6. The molecule has 1 aliphatic rings. The molecule has 3 aromatic rings. The largest absolute Gasteiger partial charge is 0.396 e. The van der Waals surface area contributed by atoms with E-state index in [0.29, 0.717) is 19.5 Å². The van der Waals surface area contributed by atoms with Crippen molar-refractivity contribution < 1.29 is 9.90 Å². The molecule has 1 aliphatic heterocycles. The number of amides is 1. The van der Waals surface area contributed by atoms with Crippen molar-refractivity contribution in [1.82, 2.24) is 19.8 Å². The number of carbonyl (C=O) groups is 1. The third-order valence-electron chi connectivity index (χ3n) is 5.61. The van der Waals surface area contributed by atoms with Gasteiger partial charge in [-0.1, -0.05) is 36.4 Å². The van der Waals surface area contributed by atoms with Crippen molar-refractivity contribution in [1.29, 1.82) is 0 Å². The van der Waals surface area contributed by atoms with Crippen molar-refractivity contribution in [2.75, 3.05) is 39.1 Å². The summed E-state index contributed by atoms with van der Waals surface area (Å²) in [5.41, 5.74) is 2.34. The third kappa shape index (κ3) is 4.98. The van der Waals surface area contributed by atoms with E-state index in [2.05, 4.69) is 27.4 Å². The summed E-state index contributed by atoms with van der Waals surface area (Å²) >= 11 is 1.63. The van der Waals surface area contributed by atoms with E-state index >= 15 is 0 Å². The normalized spacial score (nSPS) is 14.8. The van der Waals surface area contributed by atoms with Crippen LogP contribution in [0.3, 0.4) is 0 Å². The van der Waals surface area contributed by atoms with Gasteiger partial charge < -0.3 is 20.2 Å². The molecule has 7 nitrogen and oxygen atoms in total. The number of likely N-dealkylation sites (N-methyl/N-ethyl adjacent to an activating group) is 1. The molecule has 1 amide bonds. The van der Waals surface area contributed by atoms with Gasteiger partial charge in [0.2, 0.25) is 5.91 Å². The van der Waals surface area contributed by atoms with Crippen LogP contribution in [0.1, 0.15) is 28.5 Å². The Balaban J connectivity index is 1.58. The maximum Gasteiger partial charge on any atom is 0.246 e. The maximum atomic E-state index is 12.6. The summed E-state index contributed by atoms with van der Waals surface area (Å²) in [5, 5.41) is 14.2. The number of hydrogen-bond acceptors (Lipinski definition) is 7. The molecule has 32 heavy (non-hydrogen) atoms. The average molecular weight is 452 g/mol. The molecule has 8 heteroatoms. The Morgan fingerprint density at radius 1 is 1.31 bits per heavy atom. The third-order valence-corrected chi connectivity index (χ3v) is 6.74. The van der Waals surface area contributed by atoms with E-state index in [-0.39, 0.29) is 18.6 Å². The highest BCUT2D eigenvalue weighted by atomic mass is 32.1. The summed E-state index contributed by atoms with van der Waals surface area (Å²) in [6.07, 6.45) is 6.52. The molecule has 2 aromatic heterocycles. The highest BCUT2D eigenvalue weighted by Gasteiger charge is 2.26. The lowest BCUT2D eigenvalue weighted by Crippen LogP contribution is -2.34. The van der Waals surface area contributed by atoms with Crippen LogP contribution in [0.25, 0.3) is 10.2 Å². The van der Waals surface area contributed by atoms with E-state index in [1.807, 2.05) is 48.2 Å². The molecule has 0 unspecified atom stereocenters. The van der Waals surface area contributed by atoms with Gasteiger partial charge in [0.25, 0.3) is 0 Å². The molecule has 0 bridgehead atoms. The van der Waals surface area contributed by atoms with Gasteiger partial charge in [0.15, 0.2) is 0 Å². The van der Waals surface area contributed by atoms with E-state index in [1.165, 1.54) is 10.4 Å². The van der Waals surface area contributed by atoms with E-state index in [1.54, 1.807) is 23.7 Å². The van der Waals surface area contributed by atoms with Crippen molar-refractivity contribution in [3.63, 3.8) is 0 Å². The van der Waals surface area contributed by atoms with Crippen LogP contribution in [0, 0.1) is 0 Å². The van der Waals surface area contributed by atoms with Crippen LogP contribution in [0.15, 0.2) is 48.8 Å². The van der Waals surface area contributed by atoms with Gasteiger partial charge in [-0.05, 0) is 38.1 Å². The van der Waals surface area contributed by atoms with Gasteiger partial charge in [-0.15, -0.1) is 11.3 Å². The summed E-state index contributed by atoms with van der Waals surface area (Å²) in [6.45, 7) is 2.10. The van der Waals surface area contributed by atoms with E-state index in [4.69, 9.17) is 0 Å². The van der Waals surface area contributed by atoms with Crippen molar-refractivity contribution in [3.05, 3.63) is 64.8 Å². The number of rotatable bonds is 8. The average Bonchev–Trinajstić information content (AvgIpc) is 3.17. The molecule has 0 spiro atoms. The summed E-state index contributed by atoms with van der Waals surface area (Å²) in [7, 11) is 3.96. The van der Waals surface area contributed by atoms with E-state index < -0.39 is 0 Å². The minimum absolute atomic E-state index is 0.0432. The smallest absolute Gasteiger partial charge is 0.246 e. The minimum Gasteiger partial charge on any atom is -0.396 e. The van der Waals surface area contributed by atoms with Gasteiger partial charge in [-0.2, -0.15) is 0 Å². The number of nitrogens with one attached hydrogen (secondary N) is 1. The van der Waals surface area contributed by atoms with Gasteiger partial charge in [-0.3, -0.25) is 4.79 Å². The van der Waals surface area contributed by atoms with Gasteiger partial charge >= 0.3 is 0 Å². The molecule has 0 fully saturated rings. The highest BCUT2D eigenvalue weighted by molar-refractivity contribution is 7.19. The first-order valence-electron chi connectivity index (χ1n) is 10.8. The number of anilines is 1. The zero-order valence-electron chi connectivity index (χ0n) is 18.5. The van der Waals surface area contributed by atoms with Crippen LogP contribution in [0.4, 0.5) is 5.82 Å². The number of thiophene rings is 1. The molecule has 0 radical (unpaired) electrons. The van der Waals surface area contributed by atoms with Crippen molar-refractivity contribution >= 4 is 33.3 Å². The first kappa shape index (κ1) is 22.4. The van der Waals surface area contributed by atoms with Crippen LogP contribution in [-0.4, -0.2) is 64.6 Å². The number of carbonyl (C=O) groups excluding carboxylic acids is 1. The molecule has 1 aromatic carbocycles. The fourth-order valence-corrected chi connectivity index (χ4v) is 5.20. The molecular formula is C24H29N5O2S. The zero-order chi connectivity index (χ0) is 22.5. The number of fused-ring (bicyclic) bond motifs is 3.